The number of nitriles is 1. The van der Waals surface area contributed by atoms with Gasteiger partial charge < -0.3 is 10.6 Å². The van der Waals surface area contributed by atoms with E-state index in [1.807, 2.05) is 91.9 Å². The van der Waals surface area contributed by atoms with Gasteiger partial charge in [0.05, 0.1) is 0 Å². The van der Waals surface area contributed by atoms with Gasteiger partial charge in [-0.1, -0.05) is 48.0 Å². The normalized spacial score (nSPS) is 10.7. The van der Waals surface area contributed by atoms with Crippen molar-refractivity contribution >= 4 is 29.0 Å². The topological polar surface area (TPSA) is 64.9 Å². The second kappa shape index (κ2) is 8.50. The lowest BCUT2D eigenvalue weighted by Crippen LogP contribution is -2.13. The summed E-state index contributed by atoms with van der Waals surface area (Å²) in [6, 6.07) is 26.8. The summed E-state index contributed by atoms with van der Waals surface area (Å²) < 4.78 is 0. The third kappa shape index (κ3) is 5.07. The SMILES string of the molecule is Cc1ccc(NC(=O)/C(C#N)=C/c2ccc(Nc3ccccc3)cc2)cc1. The van der Waals surface area contributed by atoms with E-state index < -0.39 is 5.91 Å². The molecule has 3 rings (SSSR count). The standard InChI is InChI=1S/C23H19N3O/c1-17-7-11-22(12-8-17)26-23(27)19(16-24)15-18-9-13-21(14-10-18)25-20-5-3-2-4-6-20/h2-15,25H,1H3,(H,26,27)/b19-15+. The molecule has 0 fully saturated rings. The molecule has 0 spiro atoms. The van der Waals surface area contributed by atoms with Crippen molar-refractivity contribution in [3.05, 3.63) is 95.6 Å². The van der Waals surface area contributed by atoms with Crippen LogP contribution in [-0.2, 0) is 4.79 Å². The van der Waals surface area contributed by atoms with Crippen molar-refractivity contribution in [1.82, 2.24) is 0 Å². The average Bonchev–Trinajstić information content (AvgIpc) is 2.70. The van der Waals surface area contributed by atoms with Crippen molar-refractivity contribution in [2.45, 2.75) is 6.92 Å². The highest BCUT2D eigenvalue weighted by Gasteiger charge is 2.09. The number of carbonyl (C=O) groups is 1. The van der Waals surface area contributed by atoms with Crippen LogP contribution in [0.1, 0.15) is 11.1 Å². The molecular formula is C23H19N3O. The lowest BCUT2D eigenvalue weighted by atomic mass is 10.1. The van der Waals surface area contributed by atoms with Crippen LogP contribution in [0.25, 0.3) is 6.08 Å². The van der Waals surface area contributed by atoms with E-state index >= 15 is 0 Å². The zero-order valence-electron chi connectivity index (χ0n) is 14.9. The number of carbonyl (C=O) groups excluding carboxylic acids is 1. The third-order valence-corrected chi connectivity index (χ3v) is 3.96. The first-order valence-electron chi connectivity index (χ1n) is 8.56. The van der Waals surface area contributed by atoms with E-state index in [-0.39, 0.29) is 5.57 Å². The number of benzene rings is 3. The number of hydrogen-bond acceptors (Lipinski definition) is 3. The molecule has 0 saturated carbocycles. The zero-order chi connectivity index (χ0) is 19.1. The molecule has 4 heteroatoms. The maximum Gasteiger partial charge on any atom is 0.266 e. The fourth-order valence-corrected chi connectivity index (χ4v) is 2.50. The van der Waals surface area contributed by atoms with Gasteiger partial charge in [-0.15, -0.1) is 0 Å². The van der Waals surface area contributed by atoms with Crippen LogP contribution in [0.5, 0.6) is 0 Å². The summed E-state index contributed by atoms with van der Waals surface area (Å²) in [5.41, 5.74) is 4.53. The molecule has 2 N–H and O–H groups in total. The van der Waals surface area contributed by atoms with Crippen molar-refractivity contribution in [2.75, 3.05) is 10.6 Å². The lowest BCUT2D eigenvalue weighted by Gasteiger charge is -2.07. The van der Waals surface area contributed by atoms with Crippen molar-refractivity contribution in [3.8, 4) is 6.07 Å². The maximum absolute atomic E-state index is 12.3. The summed E-state index contributed by atoms with van der Waals surface area (Å²) >= 11 is 0. The van der Waals surface area contributed by atoms with Crippen molar-refractivity contribution < 1.29 is 4.79 Å². The highest BCUT2D eigenvalue weighted by molar-refractivity contribution is 6.09. The molecule has 0 atom stereocenters. The number of nitrogens with zero attached hydrogens (tertiary/aromatic N) is 1. The van der Waals surface area contributed by atoms with Gasteiger partial charge in [-0.3, -0.25) is 4.79 Å². The highest BCUT2D eigenvalue weighted by Crippen LogP contribution is 2.18. The van der Waals surface area contributed by atoms with E-state index in [4.69, 9.17) is 0 Å². The zero-order valence-corrected chi connectivity index (χ0v) is 14.9. The van der Waals surface area contributed by atoms with Crippen molar-refractivity contribution in [3.63, 3.8) is 0 Å². The van der Waals surface area contributed by atoms with Crippen LogP contribution < -0.4 is 10.6 Å². The van der Waals surface area contributed by atoms with Crippen LogP contribution in [0.15, 0.2) is 84.4 Å². The van der Waals surface area contributed by atoms with Gasteiger partial charge in [0.15, 0.2) is 0 Å². The predicted molar refractivity (Wildman–Crippen MR) is 110 cm³/mol. The monoisotopic (exact) mass is 353 g/mol. The van der Waals surface area contributed by atoms with Gasteiger partial charge in [0.1, 0.15) is 11.6 Å². The molecule has 0 aliphatic rings. The molecule has 0 aliphatic heterocycles. The number of amides is 1. The number of rotatable bonds is 5. The Morgan fingerprint density at radius 3 is 2.07 bits per heavy atom. The van der Waals surface area contributed by atoms with Gasteiger partial charge in [0, 0.05) is 17.1 Å². The number of hydrogen-bond donors (Lipinski definition) is 2. The van der Waals surface area contributed by atoms with Gasteiger partial charge in [-0.05, 0) is 55.0 Å². The summed E-state index contributed by atoms with van der Waals surface area (Å²) in [6.45, 7) is 1.97. The Kier molecular flexibility index (Phi) is 5.66. The fourth-order valence-electron chi connectivity index (χ4n) is 2.50. The molecule has 0 saturated heterocycles. The smallest absolute Gasteiger partial charge is 0.266 e. The van der Waals surface area contributed by atoms with Crippen LogP contribution in [0.3, 0.4) is 0 Å². The number of anilines is 3. The fraction of sp³-hybridized carbons (Fsp3) is 0.0435. The molecular weight excluding hydrogens is 334 g/mol. The predicted octanol–water partition coefficient (Wildman–Crippen LogP) is 5.28. The first kappa shape index (κ1) is 18.0. The Morgan fingerprint density at radius 1 is 0.852 bits per heavy atom. The Hall–Kier alpha value is -3.84. The molecule has 0 radical (unpaired) electrons. The molecule has 3 aromatic carbocycles. The third-order valence-electron chi connectivity index (χ3n) is 3.96. The largest absolute Gasteiger partial charge is 0.356 e. The minimum atomic E-state index is -0.423. The molecule has 0 aromatic heterocycles. The van der Waals surface area contributed by atoms with Crippen LogP contribution in [0.4, 0.5) is 17.1 Å². The molecule has 27 heavy (non-hydrogen) atoms. The Balaban J connectivity index is 1.70. The number of aryl methyl sites for hydroxylation is 1. The minimum Gasteiger partial charge on any atom is -0.356 e. The molecule has 1 amide bonds. The van der Waals surface area contributed by atoms with Gasteiger partial charge in [-0.2, -0.15) is 5.26 Å². The van der Waals surface area contributed by atoms with E-state index in [1.54, 1.807) is 6.08 Å². The van der Waals surface area contributed by atoms with Gasteiger partial charge >= 0.3 is 0 Å². The average molecular weight is 353 g/mol. The Labute approximate surface area is 158 Å². The number of para-hydroxylation sites is 1. The first-order valence-corrected chi connectivity index (χ1v) is 8.56. The Morgan fingerprint density at radius 2 is 1.44 bits per heavy atom. The van der Waals surface area contributed by atoms with Crippen LogP contribution in [0.2, 0.25) is 0 Å². The second-order valence-electron chi connectivity index (χ2n) is 6.10. The molecule has 4 nitrogen and oxygen atoms in total. The molecule has 132 valence electrons. The minimum absolute atomic E-state index is 0.0549. The van der Waals surface area contributed by atoms with E-state index in [0.29, 0.717) is 5.69 Å². The summed E-state index contributed by atoms with van der Waals surface area (Å²) in [5, 5.41) is 15.4. The van der Waals surface area contributed by atoms with E-state index in [2.05, 4.69) is 10.6 Å². The second-order valence-corrected chi connectivity index (χ2v) is 6.10. The Bertz CT molecular complexity index is 983. The van der Waals surface area contributed by atoms with Crippen molar-refractivity contribution in [2.24, 2.45) is 0 Å². The van der Waals surface area contributed by atoms with E-state index in [1.165, 1.54) is 0 Å². The lowest BCUT2D eigenvalue weighted by molar-refractivity contribution is -0.112. The quantitative estimate of drug-likeness (QED) is 0.484. The van der Waals surface area contributed by atoms with E-state index in [0.717, 1.165) is 22.5 Å². The molecule has 0 bridgehead atoms. The summed E-state index contributed by atoms with van der Waals surface area (Å²) in [4.78, 5) is 12.3. The van der Waals surface area contributed by atoms with Crippen LogP contribution in [0, 0.1) is 18.3 Å². The summed E-state index contributed by atoms with van der Waals surface area (Å²) in [5.74, 6) is -0.423. The van der Waals surface area contributed by atoms with Gasteiger partial charge in [-0.25, -0.2) is 0 Å². The molecule has 0 heterocycles. The summed E-state index contributed by atoms with van der Waals surface area (Å²) in [7, 11) is 0. The molecule has 0 unspecified atom stereocenters. The van der Waals surface area contributed by atoms with Crippen molar-refractivity contribution in [1.29, 1.82) is 5.26 Å². The van der Waals surface area contributed by atoms with Crippen LogP contribution in [-0.4, -0.2) is 5.91 Å². The highest BCUT2D eigenvalue weighted by atomic mass is 16.1. The van der Waals surface area contributed by atoms with Crippen LogP contribution >= 0.6 is 0 Å². The van der Waals surface area contributed by atoms with E-state index in [9.17, 15) is 10.1 Å². The molecule has 3 aromatic rings. The summed E-state index contributed by atoms with van der Waals surface area (Å²) in [6.07, 6.45) is 1.58. The first-order chi connectivity index (χ1) is 13.1. The van der Waals surface area contributed by atoms with Gasteiger partial charge in [0.25, 0.3) is 5.91 Å². The molecule has 0 aliphatic carbocycles. The number of nitrogens with one attached hydrogen (secondary N) is 2. The van der Waals surface area contributed by atoms with Gasteiger partial charge in [0.2, 0.25) is 0 Å². The maximum atomic E-state index is 12.3.